The number of amides is 1. The number of hydrogen-bond acceptors (Lipinski definition) is 6. The predicted molar refractivity (Wildman–Crippen MR) is 134 cm³/mol. The number of hydrogen-bond donors (Lipinski definition) is 1. The van der Waals surface area contributed by atoms with Gasteiger partial charge in [-0.05, 0) is 43.3 Å². The third-order valence-corrected chi connectivity index (χ3v) is 7.76. The Morgan fingerprint density at radius 2 is 1.83 bits per heavy atom. The summed E-state index contributed by atoms with van der Waals surface area (Å²) in [4.78, 5) is 16.4. The molecule has 0 unspecified atom stereocenters. The molecule has 4 heterocycles. The number of aromatic nitrogens is 2. The van der Waals surface area contributed by atoms with Gasteiger partial charge in [0.25, 0.3) is 5.91 Å². The summed E-state index contributed by atoms with van der Waals surface area (Å²) in [6, 6.07) is 16.5. The molecule has 7 nitrogen and oxygen atoms in total. The molecule has 0 aliphatic carbocycles. The fourth-order valence-electron chi connectivity index (χ4n) is 4.81. The molecule has 1 amide bonds. The highest BCUT2D eigenvalue weighted by atomic mass is 32.1. The number of thiophene rings is 1. The number of aryl methyl sites for hydroxylation is 1. The maximum Gasteiger partial charge on any atom is 0.265 e. The second kappa shape index (κ2) is 8.75. The Balaban J connectivity index is 1.18. The van der Waals surface area contributed by atoms with Crippen LogP contribution in [0.2, 0.25) is 0 Å². The van der Waals surface area contributed by atoms with Crippen molar-refractivity contribution in [3.63, 3.8) is 0 Å². The van der Waals surface area contributed by atoms with Gasteiger partial charge in [-0.15, -0.1) is 11.3 Å². The number of ether oxygens (including phenoxy) is 2. The van der Waals surface area contributed by atoms with Crippen molar-refractivity contribution >= 4 is 38.8 Å². The zero-order valence-corrected chi connectivity index (χ0v) is 20.1. The Morgan fingerprint density at radius 3 is 2.54 bits per heavy atom. The van der Waals surface area contributed by atoms with E-state index in [1.165, 1.54) is 17.4 Å². The lowest BCUT2D eigenvalue weighted by molar-refractivity contribution is -0.169. The van der Waals surface area contributed by atoms with E-state index in [2.05, 4.69) is 10.4 Å². The summed E-state index contributed by atoms with van der Waals surface area (Å²) in [6.07, 6.45) is 1.41. The molecular weight excluding hydrogens is 467 g/mol. The summed E-state index contributed by atoms with van der Waals surface area (Å²) in [7, 11) is 0. The zero-order chi connectivity index (χ0) is 24.0. The average Bonchev–Trinajstić information content (AvgIpc) is 3.58. The molecule has 2 fully saturated rings. The Bertz CT molecular complexity index is 1380. The van der Waals surface area contributed by atoms with Crippen LogP contribution in [0.15, 0.2) is 54.6 Å². The average molecular weight is 493 g/mol. The van der Waals surface area contributed by atoms with Crippen LogP contribution < -0.4 is 10.2 Å². The van der Waals surface area contributed by atoms with Crippen molar-refractivity contribution < 1.29 is 18.7 Å². The number of fused-ring (bicyclic) bond motifs is 1. The van der Waals surface area contributed by atoms with Crippen LogP contribution in [0.5, 0.6) is 0 Å². The fourth-order valence-corrected chi connectivity index (χ4v) is 5.89. The first kappa shape index (κ1) is 22.2. The van der Waals surface area contributed by atoms with Gasteiger partial charge in [-0.25, -0.2) is 9.07 Å². The van der Waals surface area contributed by atoms with E-state index in [9.17, 15) is 4.79 Å². The molecule has 9 heteroatoms. The first-order chi connectivity index (χ1) is 17.0. The Labute approximate surface area is 206 Å². The van der Waals surface area contributed by atoms with Crippen LogP contribution in [0.4, 0.5) is 15.8 Å². The van der Waals surface area contributed by atoms with Gasteiger partial charge in [-0.2, -0.15) is 5.10 Å². The highest BCUT2D eigenvalue weighted by molar-refractivity contribution is 7.20. The minimum atomic E-state index is -0.499. The first-order valence-corrected chi connectivity index (χ1v) is 12.5. The molecular formula is C26H25FN4O3S. The van der Waals surface area contributed by atoms with Crippen molar-refractivity contribution in [2.24, 2.45) is 0 Å². The van der Waals surface area contributed by atoms with Crippen LogP contribution in [0.25, 0.3) is 15.9 Å². The maximum atomic E-state index is 15.0. The standard InChI is InChI=1S/C26H25FN4O3S/c1-17-20-16-23(35-25(20)31(29-17)19-5-3-2-4-6-19)24(32)28-18-7-8-22(21(27)15-18)30-11-9-26(10-12-30)33-13-14-34-26/h2-8,15-16H,9-14H2,1H3,(H,28,32). The van der Waals surface area contributed by atoms with E-state index < -0.39 is 5.79 Å². The lowest BCUT2D eigenvalue weighted by atomic mass is 10.0. The molecule has 2 saturated heterocycles. The van der Waals surface area contributed by atoms with Crippen LogP contribution in [0.1, 0.15) is 28.2 Å². The van der Waals surface area contributed by atoms with Gasteiger partial charge >= 0.3 is 0 Å². The molecule has 180 valence electrons. The summed E-state index contributed by atoms with van der Waals surface area (Å²) < 4.78 is 28.4. The lowest BCUT2D eigenvalue weighted by Gasteiger charge is -2.38. The number of para-hydroxylation sites is 1. The zero-order valence-electron chi connectivity index (χ0n) is 19.3. The molecule has 0 atom stereocenters. The molecule has 1 spiro atoms. The Morgan fingerprint density at radius 1 is 1.09 bits per heavy atom. The van der Waals surface area contributed by atoms with Crippen molar-refractivity contribution in [2.75, 3.05) is 36.5 Å². The van der Waals surface area contributed by atoms with E-state index in [4.69, 9.17) is 9.47 Å². The quantitative estimate of drug-likeness (QED) is 0.428. The van der Waals surface area contributed by atoms with Crippen LogP contribution in [-0.2, 0) is 9.47 Å². The minimum Gasteiger partial charge on any atom is -0.369 e. The number of carbonyl (C=O) groups excluding carboxylic acids is 1. The number of nitrogens with zero attached hydrogens (tertiary/aromatic N) is 3. The van der Waals surface area contributed by atoms with Gasteiger partial charge in [0.1, 0.15) is 10.6 Å². The van der Waals surface area contributed by atoms with E-state index in [0.717, 1.165) is 21.6 Å². The SMILES string of the molecule is Cc1nn(-c2ccccc2)c2sc(C(=O)Nc3ccc(N4CCC5(CC4)OCCO5)c(F)c3)cc12. The molecule has 0 saturated carbocycles. The van der Waals surface area contributed by atoms with Gasteiger partial charge in [0.2, 0.25) is 0 Å². The highest BCUT2D eigenvalue weighted by Gasteiger charge is 2.40. The maximum absolute atomic E-state index is 15.0. The fraction of sp³-hybridized carbons (Fsp3) is 0.308. The van der Waals surface area contributed by atoms with Crippen molar-refractivity contribution in [3.8, 4) is 5.69 Å². The molecule has 4 aromatic rings. The summed E-state index contributed by atoms with van der Waals surface area (Å²) in [5.41, 5.74) is 2.74. The van der Waals surface area contributed by atoms with Gasteiger partial charge in [0.05, 0.1) is 35.2 Å². The minimum absolute atomic E-state index is 0.271. The van der Waals surface area contributed by atoms with Gasteiger partial charge in [-0.1, -0.05) is 18.2 Å². The third-order valence-electron chi connectivity index (χ3n) is 6.65. The number of carbonyl (C=O) groups is 1. The monoisotopic (exact) mass is 492 g/mol. The summed E-state index contributed by atoms with van der Waals surface area (Å²) in [5, 5.41) is 8.39. The van der Waals surface area contributed by atoms with E-state index >= 15 is 4.39 Å². The molecule has 2 aromatic heterocycles. The summed E-state index contributed by atoms with van der Waals surface area (Å²) in [5.74, 6) is -1.13. The van der Waals surface area contributed by atoms with Gasteiger partial charge in [0, 0.05) is 37.0 Å². The van der Waals surface area contributed by atoms with Gasteiger partial charge < -0.3 is 19.7 Å². The van der Waals surface area contributed by atoms with Crippen molar-refractivity contribution in [3.05, 3.63) is 71.0 Å². The highest BCUT2D eigenvalue weighted by Crippen LogP contribution is 2.35. The first-order valence-electron chi connectivity index (χ1n) is 11.7. The number of benzene rings is 2. The molecule has 35 heavy (non-hydrogen) atoms. The van der Waals surface area contributed by atoms with Gasteiger partial charge in [0.15, 0.2) is 5.79 Å². The molecule has 2 aliphatic heterocycles. The molecule has 6 rings (SSSR count). The number of nitrogens with one attached hydrogen (secondary N) is 1. The Kier molecular flexibility index (Phi) is 5.55. The Hall–Kier alpha value is -3.27. The van der Waals surface area contributed by atoms with Crippen LogP contribution in [-0.4, -0.2) is 47.8 Å². The second-order valence-corrected chi connectivity index (χ2v) is 9.91. The third kappa shape index (κ3) is 4.09. The normalized spacial score (nSPS) is 17.4. The molecule has 0 radical (unpaired) electrons. The topological polar surface area (TPSA) is 68.6 Å². The van der Waals surface area contributed by atoms with E-state index in [0.29, 0.717) is 55.4 Å². The lowest BCUT2D eigenvalue weighted by Crippen LogP contribution is -2.45. The van der Waals surface area contributed by atoms with Gasteiger partial charge in [-0.3, -0.25) is 4.79 Å². The summed E-state index contributed by atoms with van der Waals surface area (Å²) in [6.45, 7) is 4.47. The van der Waals surface area contributed by atoms with Crippen molar-refractivity contribution in [2.45, 2.75) is 25.6 Å². The van der Waals surface area contributed by atoms with Crippen LogP contribution in [0, 0.1) is 12.7 Å². The molecule has 2 aliphatic rings. The largest absolute Gasteiger partial charge is 0.369 e. The van der Waals surface area contributed by atoms with Crippen molar-refractivity contribution in [1.82, 2.24) is 9.78 Å². The number of halogens is 1. The number of rotatable bonds is 4. The molecule has 0 bridgehead atoms. The smallest absolute Gasteiger partial charge is 0.265 e. The number of piperidine rings is 1. The van der Waals surface area contributed by atoms with Crippen molar-refractivity contribution in [1.29, 1.82) is 0 Å². The van der Waals surface area contributed by atoms with Crippen LogP contribution >= 0.6 is 11.3 Å². The van der Waals surface area contributed by atoms with Crippen LogP contribution in [0.3, 0.4) is 0 Å². The predicted octanol–water partition coefficient (Wildman–Crippen LogP) is 5.13. The summed E-state index contributed by atoms with van der Waals surface area (Å²) >= 11 is 1.37. The van der Waals surface area contributed by atoms with E-state index in [1.54, 1.807) is 12.1 Å². The molecule has 1 N–H and O–H groups in total. The number of anilines is 2. The van der Waals surface area contributed by atoms with E-state index in [-0.39, 0.29) is 11.7 Å². The van der Waals surface area contributed by atoms with E-state index in [1.807, 2.05) is 52.9 Å². The second-order valence-electron chi connectivity index (χ2n) is 8.88. The molecule has 2 aromatic carbocycles.